The maximum absolute atomic E-state index is 6.04. The molecule has 0 radical (unpaired) electrons. The average molecular weight is 239 g/mol. The molecule has 5 heteroatoms. The van der Waals surface area contributed by atoms with Gasteiger partial charge in [-0.1, -0.05) is 19.0 Å². The molecule has 1 saturated carbocycles. The van der Waals surface area contributed by atoms with Gasteiger partial charge in [0.2, 0.25) is 11.7 Å². The van der Waals surface area contributed by atoms with Crippen molar-refractivity contribution < 1.29 is 9.26 Å². The molecule has 0 aliphatic heterocycles. The molecule has 0 saturated heterocycles. The highest BCUT2D eigenvalue weighted by Crippen LogP contribution is 2.42. The summed E-state index contributed by atoms with van der Waals surface area (Å²) in [6, 6.07) is 0. The fourth-order valence-electron chi connectivity index (χ4n) is 2.07. The van der Waals surface area contributed by atoms with Crippen LogP contribution in [0.3, 0.4) is 0 Å². The van der Waals surface area contributed by atoms with E-state index in [1.165, 1.54) is 0 Å². The lowest BCUT2D eigenvalue weighted by Crippen LogP contribution is -2.30. The van der Waals surface area contributed by atoms with Gasteiger partial charge in [-0.15, -0.1) is 0 Å². The van der Waals surface area contributed by atoms with Crippen molar-refractivity contribution >= 4 is 0 Å². The summed E-state index contributed by atoms with van der Waals surface area (Å²) in [4.78, 5) is 4.45. The van der Waals surface area contributed by atoms with Gasteiger partial charge in [0, 0.05) is 6.61 Å². The van der Waals surface area contributed by atoms with E-state index in [0.29, 0.717) is 18.3 Å². The fourth-order valence-corrected chi connectivity index (χ4v) is 2.07. The van der Waals surface area contributed by atoms with E-state index < -0.39 is 5.60 Å². The molecule has 2 N–H and O–H groups in total. The second-order valence-corrected chi connectivity index (χ2v) is 4.71. The van der Waals surface area contributed by atoms with Crippen molar-refractivity contribution in [1.82, 2.24) is 10.1 Å². The standard InChI is InChI=1S/C12H21N3O2/c1-4-12(5-2,16-6-3)9-14-10(17-15-9)11(13)7-8-11/h4-8,13H2,1-3H3. The Hall–Kier alpha value is -0.940. The Labute approximate surface area is 102 Å². The summed E-state index contributed by atoms with van der Waals surface area (Å²) in [7, 11) is 0. The maximum Gasteiger partial charge on any atom is 0.246 e. The number of nitrogens with zero attached hydrogens (tertiary/aromatic N) is 2. The second-order valence-electron chi connectivity index (χ2n) is 4.71. The van der Waals surface area contributed by atoms with Gasteiger partial charge in [0.15, 0.2) is 0 Å². The average Bonchev–Trinajstić information content (AvgIpc) is 2.91. The van der Waals surface area contributed by atoms with E-state index in [-0.39, 0.29) is 5.54 Å². The van der Waals surface area contributed by atoms with Crippen LogP contribution in [0.4, 0.5) is 0 Å². The Morgan fingerprint density at radius 3 is 2.47 bits per heavy atom. The normalized spacial score (nSPS) is 18.4. The number of hydrogen-bond donors (Lipinski definition) is 1. The summed E-state index contributed by atoms with van der Waals surface area (Å²) in [5, 5.41) is 4.06. The molecule has 1 aromatic rings. The molecule has 2 rings (SSSR count). The first kappa shape index (κ1) is 12.5. The number of rotatable bonds is 6. The molecule has 0 unspecified atom stereocenters. The topological polar surface area (TPSA) is 74.2 Å². The summed E-state index contributed by atoms with van der Waals surface area (Å²) in [6.45, 7) is 6.76. The number of hydrogen-bond acceptors (Lipinski definition) is 5. The Balaban J connectivity index is 2.27. The minimum Gasteiger partial charge on any atom is -0.367 e. The molecule has 17 heavy (non-hydrogen) atoms. The lowest BCUT2D eigenvalue weighted by atomic mass is 9.96. The SMILES string of the molecule is CCOC(CC)(CC)c1noc(C2(N)CC2)n1. The van der Waals surface area contributed by atoms with Crippen LogP contribution >= 0.6 is 0 Å². The van der Waals surface area contributed by atoms with Gasteiger partial charge in [0.25, 0.3) is 0 Å². The van der Waals surface area contributed by atoms with Crippen molar-refractivity contribution in [3.8, 4) is 0 Å². The van der Waals surface area contributed by atoms with Gasteiger partial charge in [-0.2, -0.15) is 4.98 Å². The molecule has 1 aliphatic carbocycles. The van der Waals surface area contributed by atoms with E-state index in [1.54, 1.807) is 0 Å². The predicted molar refractivity (Wildman–Crippen MR) is 63.3 cm³/mol. The molecule has 0 bridgehead atoms. The van der Waals surface area contributed by atoms with Gasteiger partial charge >= 0.3 is 0 Å². The zero-order valence-corrected chi connectivity index (χ0v) is 10.8. The maximum atomic E-state index is 6.04. The third-order valence-electron chi connectivity index (χ3n) is 3.61. The van der Waals surface area contributed by atoms with E-state index in [2.05, 4.69) is 24.0 Å². The highest BCUT2D eigenvalue weighted by Gasteiger charge is 2.47. The monoisotopic (exact) mass is 239 g/mol. The quantitative estimate of drug-likeness (QED) is 0.822. The smallest absolute Gasteiger partial charge is 0.246 e. The van der Waals surface area contributed by atoms with Crippen LogP contribution in [0.25, 0.3) is 0 Å². The van der Waals surface area contributed by atoms with Crippen molar-refractivity contribution in [2.24, 2.45) is 5.73 Å². The summed E-state index contributed by atoms with van der Waals surface area (Å²) < 4.78 is 11.1. The van der Waals surface area contributed by atoms with Gasteiger partial charge in [-0.05, 0) is 32.6 Å². The number of ether oxygens (including phenoxy) is 1. The van der Waals surface area contributed by atoms with Crippen molar-refractivity contribution in [1.29, 1.82) is 0 Å². The van der Waals surface area contributed by atoms with Crippen molar-refractivity contribution in [3.05, 3.63) is 11.7 Å². The summed E-state index contributed by atoms with van der Waals surface area (Å²) in [5.74, 6) is 1.19. The van der Waals surface area contributed by atoms with Gasteiger partial charge < -0.3 is 15.0 Å². The lowest BCUT2D eigenvalue weighted by Gasteiger charge is -2.27. The zero-order chi connectivity index (χ0) is 12.5. The Morgan fingerprint density at radius 1 is 1.35 bits per heavy atom. The third kappa shape index (κ3) is 2.09. The molecule has 1 heterocycles. The van der Waals surface area contributed by atoms with E-state index in [1.807, 2.05) is 6.92 Å². The molecule has 0 spiro atoms. The number of aromatic nitrogens is 2. The third-order valence-corrected chi connectivity index (χ3v) is 3.61. The minimum absolute atomic E-state index is 0.370. The van der Waals surface area contributed by atoms with Crippen LogP contribution in [0.1, 0.15) is 58.2 Å². The largest absolute Gasteiger partial charge is 0.367 e. The molecular formula is C12H21N3O2. The highest BCUT2D eigenvalue weighted by molar-refractivity contribution is 5.13. The summed E-state index contributed by atoms with van der Waals surface area (Å²) >= 11 is 0. The molecule has 0 amide bonds. The van der Waals surface area contributed by atoms with Crippen LogP contribution in [0.2, 0.25) is 0 Å². The summed E-state index contributed by atoms with van der Waals surface area (Å²) in [5.41, 5.74) is 5.25. The Kier molecular flexibility index (Phi) is 3.23. The fraction of sp³-hybridized carbons (Fsp3) is 0.833. The predicted octanol–water partition coefficient (Wildman–Crippen LogP) is 2.07. The number of nitrogens with two attached hydrogens (primary N) is 1. The molecule has 1 fully saturated rings. The highest BCUT2D eigenvalue weighted by atomic mass is 16.5. The van der Waals surface area contributed by atoms with Crippen molar-refractivity contribution in [2.75, 3.05) is 6.61 Å². The first-order chi connectivity index (χ1) is 8.10. The second kappa shape index (κ2) is 4.38. The van der Waals surface area contributed by atoms with Crippen LogP contribution in [0.5, 0.6) is 0 Å². The first-order valence-corrected chi connectivity index (χ1v) is 6.37. The van der Waals surface area contributed by atoms with E-state index >= 15 is 0 Å². The molecule has 0 aromatic carbocycles. The van der Waals surface area contributed by atoms with Gasteiger partial charge in [0.1, 0.15) is 5.60 Å². The summed E-state index contributed by atoms with van der Waals surface area (Å²) in [6.07, 6.45) is 3.50. The lowest BCUT2D eigenvalue weighted by molar-refractivity contribution is -0.0583. The van der Waals surface area contributed by atoms with Crippen molar-refractivity contribution in [3.63, 3.8) is 0 Å². The first-order valence-electron chi connectivity index (χ1n) is 6.37. The van der Waals surface area contributed by atoms with Crippen molar-refractivity contribution in [2.45, 2.75) is 57.6 Å². The van der Waals surface area contributed by atoms with Crippen LogP contribution in [0.15, 0.2) is 4.52 Å². The van der Waals surface area contributed by atoms with E-state index in [9.17, 15) is 0 Å². The van der Waals surface area contributed by atoms with Crippen LogP contribution < -0.4 is 5.73 Å². The molecule has 96 valence electrons. The Bertz CT molecular complexity index is 381. The van der Waals surface area contributed by atoms with Gasteiger partial charge in [-0.25, -0.2) is 0 Å². The van der Waals surface area contributed by atoms with Gasteiger partial charge in [-0.3, -0.25) is 0 Å². The zero-order valence-electron chi connectivity index (χ0n) is 10.8. The molecule has 1 aromatic heterocycles. The van der Waals surface area contributed by atoms with Crippen LogP contribution in [0, 0.1) is 0 Å². The Morgan fingerprint density at radius 2 is 2.00 bits per heavy atom. The van der Waals surface area contributed by atoms with Gasteiger partial charge in [0.05, 0.1) is 5.54 Å². The molecule has 1 aliphatic rings. The van der Waals surface area contributed by atoms with Crippen LogP contribution in [-0.2, 0) is 15.9 Å². The molecule has 0 atom stereocenters. The van der Waals surface area contributed by atoms with E-state index in [0.717, 1.165) is 25.7 Å². The molecule has 5 nitrogen and oxygen atoms in total. The molecular weight excluding hydrogens is 218 g/mol. The van der Waals surface area contributed by atoms with Crippen LogP contribution in [-0.4, -0.2) is 16.7 Å². The minimum atomic E-state index is -0.429. The van der Waals surface area contributed by atoms with E-state index in [4.69, 9.17) is 15.0 Å².